The number of hydrogen-bond acceptors (Lipinski definition) is 5. The van der Waals surface area contributed by atoms with Crippen LogP contribution >= 0.6 is 27.7 Å². The predicted octanol–water partition coefficient (Wildman–Crippen LogP) is 5.84. The van der Waals surface area contributed by atoms with Gasteiger partial charge >= 0.3 is 6.18 Å². The van der Waals surface area contributed by atoms with Gasteiger partial charge in [0, 0.05) is 11.9 Å². The third kappa shape index (κ3) is 4.52. The highest BCUT2D eigenvalue weighted by molar-refractivity contribution is 9.10. The second-order valence-electron chi connectivity index (χ2n) is 5.75. The lowest BCUT2D eigenvalue weighted by molar-refractivity contribution is -0.138. The molecule has 0 atom stereocenters. The monoisotopic (exact) mass is 456 g/mol. The molecule has 27 heavy (non-hydrogen) atoms. The summed E-state index contributed by atoms with van der Waals surface area (Å²) in [6.07, 6.45) is -2.73. The van der Waals surface area contributed by atoms with Crippen molar-refractivity contribution in [2.24, 2.45) is 0 Å². The van der Waals surface area contributed by atoms with E-state index in [-0.39, 0.29) is 12.1 Å². The number of anilines is 1. The van der Waals surface area contributed by atoms with Gasteiger partial charge in [-0.05, 0) is 51.9 Å². The van der Waals surface area contributed by atoms with Crippen LogP contribution in [-0.4, -0.2) is 20.7 Å². The molecule has 2 aromatic heterocycles. The van der Waals surface area contributed by atoms with E-state index in [0.29, 0.717) is 26.7 Å². The molecule has 1 N–H and O–H groups in total. The van der Waals surface area contributed by atoms with Gasteiger partial charge < -0.3 is 5.32 Å². The third-order valence-corrected chi connectivity index (χ3v) is 5.16. The molecule has 0 saturated heterocycles. The van der Waals surface area contributed by atoms with Gasteiger partial charge in [0.2, 0.25) is 0 Å². The molecule has 0 fully saturated rings. The molecule has 0 aliphatic heterocycles. The number of rotatable bonds is 5. The Labute approximate surface area is 167 Å². The predicted molar refractivity (Wildman–Crippen MR) is 105 cm³/mol. The van der Waals surface area contributed by atoms with Gasteiger partial charge in [-0.2, -0.15) is 13.2 Å². The van der Waals surface area contributed by atoms with Crippen molar-refractivity contribution in [2.45, 2.75) is 31.7 Å². The normalized spacial score (nSPS) is 11.8. The van der Waals surface area contributed by atoms with E-state index >= 15 is 0 Å². The first-order valence-corrected chi connectivity index (χ1v) is 9.93. The molecule has 142 valence electrons. The standard InChI is InChI=1S/C18H16BrF3N4S/c1-3-27-17-25-14-9-23-15(19)7-12(14)16(26-17)24-8-11-5-4-6-13(10(11)2)18(20,21)22/h4-7,9H,3,8H2,1-2H3,(H,24,25,26). The number of nitrogens with zero attached hydrogens (tertiary/aromatic N) is 3. The van der Waals surface area contributed by atoms with Crippen molar-refractivity contribution < 1.29 is 13.2 Å². The van der Waals surface area contributed by atoms with E-state index in [9.17, 15) is 13.2 Å². The molecule has 0 saturated carbocycles. The quantitative estimate of drug-likeness (QED) is 0.297. The van der Waals surface area contributed by atoms with Gasteiger partial charge in [0.1, 0.15) is 10.4 Å². The van der Waals surface area contributed by atoms with Crippen LogP contribution in [0.4, 0.5) is 19.0 Å². The van der Waals surface area contributed by atoms with Crippen molar-refractivity contribution in [2.75, 3.05) is 11.1 Å². The SMILES string of the molecule is CCSc1nc(NCc2cccc(C(F)(F)F)c2C)c2cc(Br)ncc2n1. The minimum atomic E-state index is -4.37. The number of fused-ring (bicyclic) bond motifs is 1. The molecule has 9 heteroatoms. The Hall–Kier alpha value is -1.87. The zero-order valence-electron chi connectivity index (χ0n) is 14.6. The Morgan fingerprint density at radius 3 is 2.70 bits per heavy atom. The molecule has 3 rings (SSSR count). The summed E-state index contributed by atoms with van der Waals surface area (Å²) in [5.41, 5.74) is 0.826. The van der Waals surface area contributed by atoms with Crippen LogP contribution in [0.5, 0.6) is 0 Å². The summed E-state index contributed by atoms with van der Waals surface area (Å²) in [4.78, 5) is 13.2. The van der Waals surface area contributed by atoms with Crippen molar-refractivity contribution in [1.82, 2.24) is 15.0 Å². The van der Waals surface area contributed by atoms with Crippen LogP contribution in [-0.2, 0) is 12.7 Å². The maximum atomic E-state index is 13.1. The molecule has 4 nitrogen and oxygen atoms in total. The molecule has 0 bridgehead atoms. The number of aromatic nitrogens is 3. The smallest absolute Gasteiger partial charge is 0.365 e. The number of alkyl halides is 3. The second-order valence-corrected chi connectivity index (χ2v) is 7.80. The highest BCUT2D eigenvalue weighted by Crippen LogP contribution is 2.33. The van der Waals surface area contributed by atoms with E-state index in [0.717, 1.165) is 17.2 Å². The molecular formula is C18H16BrF3N4S. The van der Waals surface area contributed by atoms with Crippen LogP contribution in [0.15, 0.2) is 40.2 Å². The molecule has 0 amide bonds. The van der Waals surface area contributed by atoms with Gasteiger partial charge in [-0.3, -0.25) is 0 Å². The molecule has 1 aromatic carbocycles. The van der Waals surface area contributed by atoms with E-state index in [1.54, 1.807) is 18.3 Å². The minimum Gasteiger partial charge on any atom is -0.365 e. The van der Waals surface area contributed by atoms with Crippen LogP contribution in [0.1, 0.15) is 23.6 Å². The van der Waals surface area contributed by atoms with Crippen molar-refractivity contribution in [3.05, 3.63) is 51.8 Å². The Bertz CT molecular complexity index is 979. The number of pyridine rings is 1. The summed E-state index contributed by atoms with van der Waals surface area (Å²) in [7, 11) is 0. The Balaban J connectivity index is 1.96. The second kappa shape index (κ2) is 8.02. The lowest BCUT2D eigenvalue weighted by Crippen LogP contribution is -2.11. The number of nitrogens with one attached hydrogen (secondary N) is 1. The summed E-state index contributed by atoms with van der Waals surface area (Å²) >= 11 is 4.82. The van der Waals surface area contributed by atoms with Crippen LogP contribution in [0, 0.1) is 6.92 Å². The number of benzene rings is 1. The first-order valence-electron chi connectivity index (χ1n) is 8.15. The molecule has 3 aromatic rings. The fourth-order valence-corrected chi connectivity index (χ4v) is 3.58. The Morgan fingerprint density at radius 2 is 2.00 bits per heavy atom. The zero-order valence-corrected chi connectivity index (χ0v) is 17.0. The van der Waals surface area contributed by atoms with Gasteiger partial charge in [-0.15, -0.1) is 0 Å². The first-order chi connectivity index (χ1) is 12.8. The van der Waals surface area contributed by atoms with Gasteiger partial charge in [-0.25, -0.2) is 15.0 Å². The lowest BCUT2D eigenvalue weighted by atomic mass is 10.0. The van der Waals surface area contributed by atoms with Crippen molar-refractivity contribution in [3.8, 4) is 0 Å². The Kier molecular flexibility index (Phi) is 5.90. The molecule has 0 aliphatic rings. The van der Waals surface area contributed by atoms with Crippen LogP contribution in [0.25, 0.3) is 10.9 Å². The summed E-state index contributed by atoms with van der Waals surface area (Å²) in [5, 5.41) is 4.52. The van der Waals surface area contributed by atoms with E-state index in [2.05, 4.69) is 36.2 Å². The first kappa shape index (κ1) is 19.9. The summed E-state index contributed by atoms with van der Waals surface area (Å²) in [6.45, 7) is 3.70. The summed E-state index contributed by atoms with van der Waals surface area (Å²) < 4.78 is 40.0. The molecule has 0 radical (unpaired) electrons. The number of hydrogen-bond donors (Lipinski definition) is 1. The highest BCUT2D eigenvalue weighted by atomic mass is 79.9. The van der Waals surface area contributed by atoms with E-state index in [1.165, 1.54) is 24.8 Å². The van der Waals surface area contributed by atoms with Crippen LogP contribution < -0.4 is 5.32 Å². The van der Waals surface area contributed by atoms with E-state index < -0.39 is 11.7 Å². The number of thioether (sulfide) groups is 1. The van der Waals surface area contributed by atoms with Gasteiger partial charge in [0.15, 0.2) is 5.16 Å². The average Bonchev–Trinajstić information content (AvgIpc) is 2.60. The molecule has 2 heterocycles. The topological polar surface area (TPSA) is 50.7 Å². The third-order valence-electron chi connectivity index (χ3n) is 4.00. The average molecular weight is 457 g/mol. The Morgan fingerprint density at radius 1 is 1.22 bits per heavy atom. The maximum Gasteiger partial charge on any atom is 0.416 e. The van der Waals surface area contributed by atoms with E-state index in [4.69, 9.17) is 0 Å². The van der Waals surface area contributed by atoms with E-state index in [1.807, 2.05) is 6.92 Å². The largest absolute Gasteiger partial charge is 0.416 e. The molecule has 0 spiro atoms. The van der Waals surface area contributed by atoms with Crippen molar-refractivity contribution in [1.29, 1.82) is 0 Å². The highest BCUT2D eigenvalue weighted by Gasteiger charge is 2.32. The van der Waals surface area contributed by atoms with Crippen molar-refractivity contribution in [3.63, 3.8) is 0 Å². The fraction of sp³-hybridized carbons (Fsp3) is 0.278. The number of halogens is 4. The van der Waals surface area contributed by atoms with Gasteiger partial charge in [-0.1, -0.05) is 30.8 Å². The van der Waals surface area contributed by atoms with Gasteiger partial charge in [0.05, 0.1) is 17.3 Å². The lowest BCUT2D eigenvalue weighted by Gasteiger charge is -2.15. The van der Waals surface area contributed by atoms with Gasteiger partial charge in [0.25, 0.3) is 0 Å². The molecule has 0 aliphatic carbocycles. The van der Waals surface area contributed by atoms with Crippen molar-refractivity contribution >= 4 is 44.4 Å². The summed E-state index contributed by atoms with van der Waals surface area (Å²) in [5.74, 6) is 1.37. The van der Waals surface area contributed by atoms with Crippen LogP contribution in [0.3, 0.4) is 0 Å². The summed E-state index contributed by atoms with van der Waals surface area (Å²) in [6, 6.07) is 5.98. The molecule has 0 unspecified atom stereocenters. The maximum absolute atomic E-state index is 13.1. The zero-order chi connectivity index (χ0) is 19.6. The molecular weight excluding hydrogens is 441 g/mol. The van der Waals surface area contributed by atoms with Crippen LogP contribution in [0.2, 0.25) is 0 Å². The fourth-order valence-electron chi connectivity index (χ4n) is 2.67. The minimum absolute atomic E-state index is 0.210.